The van der Waals surface area contributed by atoms with E-state index in [0.717, 1.165) is 12.1 Å². The maximum atomic E-state index is 12.2. The smallest absolute Gasteiger partial charge is 0.312 e. The number of nitrogens with zero attached hydrogens (tertiary/aromatic N) is 3. The van der Waals surface area contributed by atoms with Crippen LogP contribution in [0.5, 0.6) is 5.75 Å². The van der Waals surface area contributed by atoms with Gasteiger partial charge in [-0.15, -0.1) is 16.2 Å². The predicted molar refractivity (Wildman–Crippen MR) is 97.7 cm³/mol. The van der Waals surface area contributed by atoms with Gasteiger partial charge in [-0.3, -0.25) is 20.3 Å². The summed E-state index contributed by atoms with van der Waals surface area (Å²) in [5, 5.41) is 22.3. The second-order valence-electron chi connectivity index (χ2n) is 5.58. The van der Waals surface area contributed by atoms with Crippen LogP contribution in [0, 0.1) is 10.1 Å². The van der Waals surface area contributed by atoms with Crippen LogP contribution in [0.4, 0.5) is 10.8 Å². The van der Waals surface area contributed by atoms with Gasteiger partial charge in [-0.05, 0) is 12.1 Å². The fourth-order valence-electron chi connectivity index (χ4n) is 2.32. The number of carbonyl (C=O) groups is 1. The van der Waals surface area contributed by atoms with E-state index >= 15 is 0 Å². The Kier molecular flexibility index (Phi) is 5.73. The molecule has 28 heavy (non-hydrogen) atoms. The minimum atomic E-state index is -4.30. The minimum Gasteiger partial charge on any atom is -0.502 e. The summed E-state index contributed by atoms with van der Waals surface area (Å²) in [5.74, 6) is -1.46. The van der Waals surface area contributed by atoms with Crippen LogP contribution < -0.4 is 15.2 Å². The number of hydrogen-bond donors (Lipinski definition) is 3. The van der Waals surface area contributed by atoms with Gasteiger partial charge in [0.2, 0.25) is 0 Å². The molecule has 0 saturated carbocycles. The number of amides is 1. The number of aromatic hydroxyl groups is 1. The first kappa shape index (κ1) is 19.9. The number of morpholine rings is 1. The molecule has 3 rings (SSSR count). The maximum absolute atomic E-state index is 12.2. The number of anilines is 1. The van der Waals surface area contributed by atoms with Gasteiger partial charge in [-0.25, -0.2) is 13.4 Å². The van der Waals surface area contributed by atoms with Gasteiger partial charge < -0.3 is 14.7 Å². The zero-order chi connectivity index (χ0) is 20.3. The Morgan fingerprint density at radius 3 is 2.75 bits per heavy atom. The van der Waals surface area contributed by atoms with Gasteiger partial charge in [0.1, 0.15) is 5.69 Å². The molecule has 0 aliphatic carbocycles. The van der Waals surface area contributed by atoms with Gasteiger partial charge in [0.05, 0.1) is 23.0 Å². The van der Waals surface area contributed by atoms with E-state index in [1.54, 1.807) is 0 Å². The predicted octanol–water partition coefficient (Wildman–Crippen LogP) is 0.217. The molecule has 12 nitrogen and oxygen atoms in total. The van der Waals surface area contributed by atoms with Crippen LogP contribution in [0.15, 0.2) is 28.5 Å². The molecule has 3 N–H and O–H groups in total. The molecule has 1 aromatic carbocycles. The third kappa shape index (κ3) is 4.36. The van der Waals surface area contributed by atoms with E-state index in [1.165, 1.54) is 16.7 Å². The van der Waals surface area contributed by atoms with Crippen molar-refractivity contribution in [2.75, 3.05) is 31.2 Å². The molecule has 2 aromatic rings. The lowest BCUT2D eigenvalue weighted by molar-refractivity contribution is -0.386. The first-order valence-electron chi connectivity index (χ1n) is 7.86. The van der Waals surface area contributed by atoms with Crippen molar-refractivity contribution in [2.24, 2.45) is 0 Å². The van der Waals surface area contributed by atoms with Crippen molar-refractivity contribution in [1.29, 1.82) is 0 Å². The van der Waals surface area contributed by atoms with Crippen LogP contribution in [0.1, 0.15) is 10.5 Å². The van der Waals surface area contributed by atoms with Crippen LogP contribution >= 0.6 is 11.3 Å². The molecule has 0 bridgehead atoms. The lowest BCUT2D eigenvalue weighted by atomic mass is 10.3. The molecule has 0 unspecified atom stereocenters. The van der Waals surface area contributed by atoms with E-state index in [9.17, 15) is 28.4 Å². The number of nitro groups is 1. The number of phenols is 1. The highest BCUT2D eigenvalue weighted by molar-refractivity contribution is 7.89. The fraction of sp³-hybridized carbons (Fsp3) is 0.286. The van der Waals surface area contributed by atoms with Crippen molar-refractivity contribution in [1.82, 2.24) is 15.2 Å². The summed E-state index contributed by atoms with van der Waals surface area (Å²) in [5.41, 5.74) is 1.25. The summed E-state index contributed by atoms with van der Waals surface area (Å²) in [6.45, 7) is 2.39. The van der Waals surface area contributed by atoms with Gasteiger partial charge in [0.15, 0.2) is 10.9 Å². The molecule has 1 aliphatic rings. The molecule has 1 aromatic heterocycles. The van der Waals surface area contributed by atoms with Crippen LogP contribution in [-0.4, -0.2) is 55.6 Å². The Bertz CT molecular complexity index is 1000. The zero-order valence-corrected chi connectivity index (χ0v) is 15.8. The van der Waals surface area contributed by atoms with Gasteiger partial charge in [0.25, 0.3) is 15.9 Å². The summed E-state index contributed by atoms with van der Waals surface area (Å²) in [4.78, 5) is 29.5. The monoisotopic (exact) mass is 429 g/mol. The highest BCUT2D eigenvalue weighted by Crippen LogP contribution is 2.28. The number of ether oxygens (including phenoxy) is 1. The molecule has 0 atom stereocenters. The summed E-state index contributed by atoms with van der Waals surface area (Å²) in [6, 6.07) is 2.53. The average molecular weight is 429 g/mol. The summed E-state index contributed by atoms with van der Waals surface area (Å²) >= 11 is 1.24. The number of rotatable bonds is 6. The number of nitrogens with one attached hydrogen (secondary N) is 2. The van der Waals surface area contributed by atoms with Crippen molar-refractivity contribution in [2.45, 2.75) is 4.90 Å². The highest BCUT2D eigenvalue weighted by Gasteiger charge is 2.23. The lowest BCUT2D eigenvalue weighted by Crippen LogP contribution is -2.41. The Hall–Kier alpha value is -2.81. The molecule has 1 amide bonds. The molecular weight excluding hydrogens is 414 g/mol. The van der Waals surface area contributed by atoms with Crippen molar-refractivity contribution >= 4 is 38.1 Å². The Labute approximate surface area is 162 Å². The molecule has 0 radical (unpaired) electrons. The number of hydrazine groups is 1. The first-order valence-corrected chi connectivity index (χ1v) is 10.2. The largest absolute Gasteiger partial charge is 0.502 e. The molecule has 1 saturated heterocycles. The number of sulfonamides is 1. The quantitative estimate of drug-likeness (QED) is 0.430. The summed E-state index contributed by atoms with van der Waals surface area (Å²) < 4.78 is 29.7. The van der Waals surface area contributed by atoms with Crippen molar-refractivity contribution < 1.29 is 28.0 Å². The number of benzene rings is 1. The lowest BCUT2D eigenvalue weighted by Gasteiger charge is -2.25. The number of hydrogen-bond acceptors (Lipinski definition) is 10. The summed E-state index contributed by atoms with van der Waals surface area (Å²) in [6.07, 6.45) is 0. The van der Waals surface area contributed by atoms with Crippen LogP contribution in [0.3, 0.4) is 0 Å². The van der Waals surface area contributed by atoms with Crippen molar-refractivity contribution in [3.8, 4) is 5.75 Å². The fourth-order valence-corrected chi connectivity index (χ4v) is 4.04. The van der Waals surface area contributed by atoms with E-state index in [-0.39, 0.29) is 5.69 Å². The van der Waals surface area contributed by atoms with E-state index in [2.05, 4.69) is 4.98 Å². The highest BCUT2D eigenvalue weighted by atomic mass is 32.2. The standard InChI is InChI=1S/C14H15N5O7S2/c20-12-2-1-9(7-11(12)19(22)23)28(24,25)17-16-13(21)10-8-27-14(15-10)18-3-5-26-6-4-18/h1-2,7-8,17,20H,3-6H2,(H,16,21). The molecular formula is C14H15N5O7S2. The number of carbonyl (C=O) groups excluding carboxylic acids is 1. The van der Waals surface area contributed by atoms with Gasteiger partial charge in [-0.2, -0.15) is 0 Å². The van der Waals surface area contributed by atoms with Crippen molar-refractivity contribution in [3.63, 3.8) is 0 Å². The van der Waals surface area contributed by atoms with Crippen LogP contribution in [-0.2, 0) is 14.8 Å². The van der Waals surface area contributed by atoms with E-state index in [0.29, 0.717) is 37.5 Å². The van der Waals surface area contributed by atoms with Crippen LogP contribution in [0.25, 0.3) is 0 Å². The molecule has 1 aliphatic heterocycles. The molecule has 1 fully saturated rings. The zero-order valence-electron chi connectivity index (χ0n) is 14.2. The number of nitro benzene ring substituents is 1. The molecule has 0 spiro atoms. The minimum absolute atomic E-state index is 0.0193. The van der Waals surface area contributed by atoms with E-state index < -0.39 is 37.2 Å². The number of aromatic nitrogens is 1. The molecule has 2 heterocycles. The maximum Gasteiger partial charge on any atom is 0.312 e. The Morgan fingerprint density at radius 1 is 1.36 bits per heavy atom. The van der Waals surface area contributed by atoms with Gasteiger partial charge in [-0.1, -0.05) is 0 Å². The van der Waals surface area contributed by atoms with Gasteiger partial charge >= 0.3 is 5.69 Å². The van der Waals surface area contributed by atoms with Crippen molar-refractivity contribution in [3.05, 3.63) is 39.4 Å². The average Bonchev–Trinajstić information content (AvgIpc) is 3.17. The SMILES string of the molecule is O=C(NNS(=O)(=O)c1ccc(O)c([N+](=O)[O-])c1)c1csc(N2CCOCC2)n1. The Morgan fingerprint density at radius 2 is 2.07 bits per heavy atom. The second kappa shape index (κ2) is 8.05. The third-order valence-electron chi connectivity index (χ3n) is 3.76. The number of phenolic OH excluding ortho intramolecular Hbond substituents is 1. The van der Waals surface area contributed by atoms with Crippen LogP contribution in [0.2, 0.25) is 0 Å². The second-order valence-corrected chi connectivity index (χ2v) is 8.10. The first-order chi connectivity index (χ1) is 13.3. The Balaban J connectivity index is 1.67. The molecule has 150 valence electrons. The van der Waals surface area contributed by atoms with Gasteiger partial charge in [0, 0.05) is 24.5 Å². The third-order valence-corrected chi connectivity index (χ3v) is 5.91. The molecule has 14 heteroatoms. The summed E-state index contributed by atoms with van der Waals surface area (Å²) in [7, 11) is -4.30. The van der Waals surface area contributed by atoms with E-state index in [4.69, 9.17) is 4.74 Å². The van der Waals surface area contributed by atoms with E-state index in [1.807, 2.05) is 15.2 Å². The topological polar surface area (TPSA) is 164 Å². The normalized spacial score (nSPS) is 14.6. The number of thiazole rings is 1.